The molecular weight excluding hydrogens is 428 g/mol. The summed E-state index contributed by atoms with van der Waals surface area (Å²) in [6.07, 6.45) is -2.53. The average Bonchev–Trinajstić information content (AvgIpc) is 2.64. The lowest BCUT2D eigenvalue weighted by Crippen LogP contribution is -2.11. The first kappa shape index (κ1) is 22.5. The predicted molar refractivity (Wildman–Crippen MR) is 101 cm³/mol. The lowest BCUT2D eigenvalue weighted by molar-refractivity contribution is -0.142. The Hall–Kier alpha value is -3.16. The standard InChI is InChI=1S/C23H14F8/c1-2-3-4-12-5-6-15(16(24)7-12)13-8-17(25)21(18(26)9-13)14-10-19(27)22(20(28)11-14)23(29,30)31/h2,5-11H,1,3-4H2. The van der Waals surface area contributed by atoms with Crippen LogP contribution in [0.15, 0.2) is 55.1 Å². The smallest absolute Gasteiger partial charge is 0.206 e. The lowest BCUT2D eigenvalue weighted by Gasteiger charge is -2.13. The second kappa shape index (κ2) is 8.53. The average molecular weight is 442 g/mol. The molecule has 3 rings (SSSR count). The molecule has 0 aromatic heterocycles. The van der Waals surface area contributed by atoms with Crippen molar-refractivity contribution in [1.82, 2.24) is 0 Å². The van der Waals surface area contributed by atoms with E-state index in [2.05, 4.69) is 6.58 Å². The van der Waals surface area contributed by atoms with Crippen LogP contribution in [-0.4, -0.2) is 0 Å². The van der Waals surface area contributed by atoms with Crippen molar-refractivity contribution in [3.63, 3.8) is 0 Å². The third kappa shape index (κ3) is 4.62. The van der Waals surface area contributed by atoms with Gasteiger partial charge >= 0.3 is 6.18 Å². The molecule has 3 aromatic carbocycles. The zero-order valence-corrected chi connectivity index (χ0v) is 15.8. The van der Waals surface area contributed by atoms with Crippen LogP contribution in [0.25, 0.3) is 22.3 Å². The molecule has 0 spiro atoms. The molecule has 31 heavy (non-hydrogen) atoms. The van der Waals surface area contributed by atoms with Crippen LogP contribution in [0.3, 0.4) is 0 Å². The molecule has 0 N–H and O–H groups in total. The van der Waals surface area contributed by atoms with Gasteiger partial charge in [-0.1, -0.05) is 18.2 Å². The van der Waals surface area contributed by atoms with Crippen molar-refractivity contribution in [3.05, 3.63) is 95.3 Å². The van der Waals surface area contributed by atoms with E-state index in [1.54, 1.807) is 12.1 Å². The van der Waals surface area contributed by atoms with Gasteiger partial charge in [-0.25, -0.2) is 22.0 Å². The van der Waals surface area contributed by atoms with Gasteiger partial charge in [-0.2, -0.15) is 13.2 Å². The topological polar surface area (TPSA) is 0 Å². The van der Waals surface area contributed by atoms with Crippen LogP contribution in [0, 0.1) is 29.1 Å². The highest BCUT2D eigenvalue weighted by Crippen LogP contribution is 2.38. The monoisotopic (exact) mass is 442 g/mol. The zero-order valence-electron chi connectivity index (χ0n) is 15.8. The number of hydrogen-bond acceptors (Lipinski definition) is 0. The Labute approximate surface area is 172 Å². The van der Waals surface area contributed by atoms with E-state index in [-0.39, 0.29) is 23.3 Å². The third-order valence-electron chi connectivity index (χ3n) is 4.64. The number of halogens is 8. The number of allylic oxidation sites excluding steroid dienone is 1. The van der Waals surface area contributed by atoms with Gasteiger partial charge in [0.1, 0.15) is 34.6 Å². The summed E-state index contributed by atoms with van der Waals surface area (Å²) < 4.78 is 109. The van der Waals surface area contributed by atoms with E-state index in [1.165, 1.54) is 12.1 Å². The number of alkyl halides is 3. The second-order valence-electron chi connectivity index (χ2n) is 6.77. The molecule has 0 aliphatic carbocycles. The number of benzene rings is 3. The Morgan fingerprint density at radius 2 is 1.26 bits per heavy atom. The van der Waals surface area contributed by atoms with Crippen molar-refractivity contribution in [3.8, 4) is 22.3 Å². The molecule has 8 heteroatoms. The highest BCUT2D eigenvalue weighted by atomic mass is 19.4. The molecule has 0 aliphatic rings. The first-order valence-electron chi connectivity index (χ1n) is 8.98. The lowest BCUT2D eigenvalue weighted by atomic mass is 9.96. The SMILES string of the molecule is C=CCCc1ccc(-c2cc(F)c(-c3cc(F)c(C(F)(F)F)c(F)c3)c(F)c2)c(F)c1. The predicted octanol–water partition coefficient (Wildman–Crippen LogP) is 7.85. The van der Waals surface area contributed by atoms with E-state index < -0.39 is 52.0 Å². The Balaban J connectivity index is 2.05. The molecule has 0 aliphatic heterocycles. The number of rotatable bonds is 5. The summed E-state index contributed by atoms with van der Waals surface area (Å²) in [5.74, 6) is -7.38. The highest BCUT2D eigenvalue weighted by molar-refractivity contribution is 5.72. The fraction of sp³-hybridized carbons (Fsp3) is 0.130. The Bertz CT molecular complexity index is 1100. The quantitative estimate of drug-likeness (QED) is 0.279. The summed E-state index contributed by atoms with van der Waals surface area (Å²) in [4.78, 5) is 0. The maximum absolute atomic E-state index is 14.6. The first-order valence-corrected chi connectivity index (χ1v) is 8.98. The molecule has 0 saturated carbocycles. The van der Waals surface area contributed by atoms with Crippen LogP contribution in [0.1, 0.15) is 17.5 Å². The molecule has 0 radical (unpaired) electrons. The Morgan fingerprint density at radius 1 is 0.710 bits per heavy atom. The minimum atomic E-state index is -5.32. The minimum Gasteiger partial charge on any atom is -0.206 e. The van der Waals surface area contributed by atoms with Gasteiger partial charge in [0.05, 0.1) is 5.56 Å². The normalized spacial score (nSPS) is 11.6. The van der Waals surface area contributed by atoms with Crippen LogP contribution in [0.5, 0.6) is 0 Å². The summed E-state index contributed by atoms with van der Waals surface area (Å²) in [5.41, 5.74) is -3.50. The molecule has 0 bridgehead atoms. The van der Waals surface area contributed by atoms with Crippen LogP contribution in [0.2, 0.25) is 0 Å². The zero-order chi connectivity index (χ0) is 22.9. The van der Waals surface area contributed by atoms with Crippen LogP contribution >= 0.6 is 0 Å². The van der Waals surface area contributed by atoms with Gasteiger partial charge < -0.3 is 0 Å². The van der Waals surface area contributed by atoms with Crippen LogP contribution < -0.4 is 0 Å². The molecule has 0 heterocycles. The highest BCUT2D eigenvalue weighted by Gasteiger charge is 2.38. The summed E-state index contributed by atoms with van der Waals surface area (Å²) in [7, 11) is 0. The van der Waals surface area contributed by atoms with Gasteiger partial charge in [0.25, 0.3) is 0 Å². The molecular formula is C23H14F8. The second-order valence-corrected chi connectivity index (χ2v) is 6.77. The van der Waals surface area contributed by atoms with E-state index in [1.807, 2.05) is 0 Å². The van der Waals surface area contributed by atoms with Gasteiger partial charge in [0, 0.05) is 5.56 Å². The third-order valence-corrected chi connectivity index (χ3v) is 4.64. The first-order chi connectivity index (χ1) is 14.5. The van der Waals surface area contributed by atoms with Crippen LogP contribution in [-0.2, 0) is 12.6 Å². The largest absolute Gasteiger partial charge is 0.422 e. The molecule has 0 nitrogen and oxygen atoms in total. The van der Waals surface area contributed by atoms with Crippen molar-refractivity contribution >= 4 is 0 Å². The van der Waals surface area contributed by atoms with Crippen LogP contribution in [0.4, 0.5) is 35.1 Å². The van der Waals surface area contributed by atoms with Crippen molar-refractivity contribution in [2.45, 2.75) is 19.0 Å². The Kier molecular flexibility index (Phi) is 6.20. The van der Waals surface area contributed by atoms with Crippen molar-refractivity contribution < 1.29 is 35.1 Å². The molecule has 0 saturated heterocycles. The maximum Gasteiger partial charge on any atom is 0.422 e. The fourth-order valence-corrected chi connectivity index (χ4v) is 3.21. The van der Waals surface area contributed by atoms with E-state index in [4.69, 9.17) is 0 Å². The number of aryl methyl sites for hydroxylation is 1. The summed E-state index contributed by atoms with van der Waals surface area (Å²) in [5, 5.41) is 0. The molecule has 162 valence electrons. The fourth-order valence-electron chi connectivity index (χ4n) is 3.21. The molecule has 0 amide bonds. The van der Waals surface area contributed by atoms with Gasteiger partial charge in [-0.15, -0.1) is 6.58 Å². The van der Waals surface area contributed by atoms with E-state index in [0.29, 0.717) is 18.4 Å². The van der Waals surface area contributed by atoms with Gasteiger partial charge in [-0.05, 0) is 59.9 Å². The van der Waals surface area contributed by atoms with Crippen molar-refractivity contribution in [2.75, 3.05) is 0 Å². The summed E-state index contributed by atoms with van der Waals surface area (Å²) >= 11 is 0. The number of hydrogen-bond donors (Lipinski definition) is 0. The summed E-state index contributed by atoms with van der Waals surface area (Å²) in [6, 6.07) is 6.00. The van der Waals surface area contributed by atoms with E-state index in [9.17, 15) is 35.1 Å². The van der Waals surface area contributed by atoms with Crippen molar-refractivity contribution in [1.29, 1.82) is 0 Å². The minimum absolute atomic E-state index is 0.114. The Morgan fingerprint density at radius 3 is 1.74 bits per heavy atom. The molecule has 0 atom stereocenters. The van der Waals surface area contributed by atoms with Gasteiger partial charge in [-0.3, -0.25) is 0 Å². The van der Waals surface area contributed by atoms with Crippen molar-refractivity contribution in [2.24, 2.45) is 0 Å². The molecule has 0 fully saturated rings. The summed E-state index contributed by atoms with van der Waals surface area (Å²) in [6.45, 7) is 3.56. The van der Waals surface area contributed by atoms with E-state index >= 15 is 0 Å². The van der Waals surface area contributed by atoms with Gasteiger partial charge in [0.15, 0.2) is 0 Å². The van der Waals surface area contributed by atoms with E-state index in [0.717, 1.165) is 12.1 Å². The molecule has 3 aromatic rings. The van der Waals surface area contributed by atoms with Gasteiger partial charge in [0.2, 0.25) is 0 Å². The maximum atomic E-state index is 14.6. The molecule has 0 unspecified atom stereocenters.